The van der Waals surface area contributed by atoms with Gasteiger partial charge in [0.1, 0.15) is 0 Å². The first-order valence-electron chi connectivity index (χ1n) is 11.5. The summed E-state index contributed by atoms with van der Waals surface area (Å²) in [6, 6.07) is 5.71. The van der Waals surface area contributed by atoms with Gasteiger partial charge in [-0.1, -0.05) is 32.1 Å². The molecule has 2 heterocycles. The molecule has 3 atom stereocenters. The SMILES string of the molecule is CCN(CC)C(=O)[C@@H]1C=C2c3cccc4c3c(c(Br)n4C(=O)[C@@H](N)C(C)C)C[C@H]2N(C)C1. The molecular weight excluding hydrogens is 468 g/mol. The third-order valence-corrected chi connectivity index (χ3v) is 7.94. The van der Waals surface area contributed by atoms with Crippen LogP contribution < -0.4 is 5.73 Å². The Morgan fingerprint density at radius 1 is 1.25 bits per heavy atom. The van der Waals surface area contributed by atoms with Gasteiger partial charge in [0, 0.05) is 31.1 Å². The number of carbonyl (C=O) groups excluding carboxylic acids is 2. The molecule has 0 bridgehead atoms. The van der Waals surface area contributed by atoms with Crippen LogP contribution in [0.3, 0.4) is 0 Å². The van der Waals surface area contributed by atoms with Crippen LogP contribution in [0, 0.1) is 11.8 Å². The lowest BCUT2D eigenvalue weighted by atomic mass is 9.79. The Labute approximate surface area is 198 Å². The Kier molecular flexibility index (Phi) is 6.36. The van der Waals surface area contributed by atoms with Crippen molar-refractivity contribution in [3.8, 4) is 0 Å². The van der Waals surface area contributed by atoms with Crippen LogP contribution in [-0.2, 0) is 11.2 Å². The number of aromatic nitrogens is 1. The lowest BCUT2D eigenvalue weighted by Gasteiger charge is -2.40. The van der Waals surface area contributed by atoms with Crippen molar-refractivity contribution in [2.45, 2.75) is 46.2 Å². The summed E-state index contributed by atoms with van der Waals surface area (Å²) < 4.78 is 2.55. The maximum atomic E-state index is 13.3. The number of fused-ring (bicyclic) bond motifs is 2. The summed E-state index contributed by atoms with van der Waals surface area (Å²) in [4.78, 5) is 30.6. The maximum Gasteiger partial charge on any atom is 0.249 e. The normalized spacial score (nSPS) is 21.4. The number of benzene rings is 1. The number of likely N-dealkylation sites (N-methyl/N-ethyl adjacent to an activating group) is 1. The van der Waals surface area contributed by atoms with Crippen molar-refractivity contribution in [1.29, 1.82) is 0 Å². The molecule has 4 rings (SSSR count). The third-order valence-electron chi connectivity index (χ3n) is 7.11. The molecular formula is C25H33BrN4O2. The van der Waals surface area contributed by atoms with E-state index in [2.05, 4.69) is 40.0 Å². The highest BCUT2D eigenvalue weighted by Crippen LogP contribution is 2.45. The van der Waals surface area contributed by atoms with Crippen LogP contribution >= 0.6 is 15.9 Å². The zero-order valence-electron chi connectivity index (χ0n) is 19.6. The first-order chi connectivity index (χ1) is 15.2. The van der Waals surface area contributed by atoms with Crippen LogP contribution in [0.5, 0.6) is 0 Å². The third kappa shape index (κ3) is 3.55. The van der Waals surface area contributed by atoms with E-state index >= 15 is 0 Å². The van der Waals surface area contributed by atoms with Gasteiger partial charge in [-0.25, -0.2) is 0 Å². The Morgan fingerprint density at radius 3 is 2.56 bits per heavy atom. The van der Waals surface area contributed by atoms with Gasteiger partial charge < -0.3 is 10.6 Å². The fourth-order valence-electron chi connectivity index (χ4n) is 5.17. The molecule has 1 aliphatic heterocycles. The number of hydrogen-bond acceptors (Lipinski definition) is 4. The van der Waals surface area contributed by atoms with Crippen molar-refractivity contribution in [3.05, 3.63) is 40.0 Å². The maximum absolute atomic E-state index is 13.3. The van der Waals surface area contributed by atoms with Gasteiger partial charge in [0.15, 0.2) is 0 Å². The van der Waals surface area contributed by atoms with Crippen molar-refractivity contribution in [2.75, 3.05) is 26.7 Å². The molecule has 2 aromatic rings. The summed E-state index contributed by atoms with van der Waals surface area (Å²) in [6.07, 6.45) is 2.97. The first kappa shape index (κ1) is 23.2. The van der Waals surface area contributed by atoms with E-state index in [0.717, 1.165) is 46.1 Å². The zero-order valence-corrected chi connectivity index (χ0v) is 21.1. The van der Waals surface area contributed by atoms with E-state index in [1.807, 2.05) is 44.7 Å². The fraction of sp³-hybridized carbons (Fsp3) is 0.520. The van der Waals surface area contributed by atoms with Gasteiger partial charge in [-0.15, -0.1) is 0 Å². The number of nitrogens with two attached hydrogens (primary N) is 1. The van der Waals surface area contributed by atoms with Gasteiger partial charge in [-0.2, -0.15) is 0 Å². The smallest absolute Gasteiger partial charge is 0.249 e. The van der Waals surface area contributed by atoms with Crippen LogP contribution in [0.25, 0.3) is 16.5 Å². The monoisotopic (exact) mass is 500 g/mol. The zero-order chi connectivity index (χ0) is 23.3. The van der Waals surface area contributed by atoms with Gasteiger partial charge in [0.2, 0.25) is 11.8 Å². The predicted molar refractivity (Wildman–Crippen MR) is 133 cm³/mol. The lowest BCUT2D eigenvalue weighted by Crippen LogP contribution is -2.47. The number of rotatable bonds is 5. The molecule has 172 valence electrons. The molecule has 2 N–H and O–H groups in total. The minimum absolute atomic E-state index is 0.0480. The van der Waals surface area contributed by atoms with Crippen molar-refractivity contribution in [2.24, 2.45) is 17.6 Å². The fourth-order valence-corrected chi connectivity index (χ4v) is 5.89. The summed E-state index contributed by atoms with van der Waals surface area (Å²) in [7, 11) is 2.09. The average molecular weight is 501 g/mol. The van der Waals surface area contributed by atoms with Crippen molar-refractivity contribution < 1.29 is 9.59 Å². The second-order valence-corrected chi connectivity index (χ2v) is 10.1. The lowest BCUT2D eigenvalue weighted by molar-refractivity contribution is -0.134. The Balaban J connectivity index is 1.86. The molecule has 1 aromatic carbocycles. The van der Waals surface area contributed by atoms with Crippen LogP contribution in [0.15, 0.2) is 28.9 Å². The Morgan fingerprint density at radius 2 is 1.94 bits per heavy atom. The average Bonchev–Trinajstić information content (AvgIpc) is 3.06. The summed E-state index contributed by atoms with van der Waals surface area (Å²) in [5.74, 6) is -0.0268. The molecule has 0 fully saturated rings. The van der Waals surface area contributed by atoms with Gasteiger partial charge in [0.05, 0.1) is 22.1 Å². The van der Waals surface area contributed by atoms with E-state index in [1.165, 1.54) is 5.57 Å². The summed E-state index contributed by atoms with van der Waals surface area (Å²) in [5, 5.41) is 1.09. The predicted octanol–water partition coefficient (Wildman–Crippen LogP) is 3.77. The summed E-state index contributed by atoms with van der Waals surface area (Å²) >= 11 is 3.74. The molecule has 0 radical (unpaired) electrons. The second-order valence-electron chi connectivity index (χ2n) is 9.31. The minimum Gasteiger partial charge on any atom is -0.343 e. The molecule has 7 heteroatoms. The van der Waals surface area contributed by atoms with E-state index in [9.17, 15) is 9.59 Å². The molecule has 1 amide bonds. The van der Waals surface area contributed by atoms with E-state index in [4.69, 9.17) is 5.73 Å². The largest absolute Gasteiger partial charge is 0.343 e. The van der Waals surface area contributed by atoms with E-state index in [1.54, 1.807) is 4.57 Å². The molecule has 0 saturated heterocycles. The van der Waals surface area contributed by atoms with Gasteiger partial charge >= 0.3 is 0 Å². The molecule has 0 spiro atoms. The standard InChI is InChI=1S/C25H33BrN4O2/c1-6-29(7-2)24(31)15-11-17-16-9-8-10-19-21(16)18(12-20(17)28(5)13-15)23(26)30(19)25(32)22(27)14(3)4/h8-11,14-15,20,22H,6-7,12-13,27H2,1-5H3/t15-,20-,22+/m1/s1. The van der Waals surface area contributed by atoms with Crippen molar-refractivity contribution in [1.82, 2.24) is 14.4 Å². The molecule has 6 nitrogen and oxygen atoms in total. The Bertz CT molecular complexity index is 1100. The topological polar surface area (TPSA) is 71.6 Å². The van der Waals surface area contributed by atoms with Crippen LogP contribution in [0.4, 0.5) is 0 Å². The number of nitrogens with zero attached hydrogens (tertiary/aromatic N) is 3. The quantitative estimate of drug-likeness (QED) is 0.678. The summed E-state index contributed by atoms with van der Waals surface area (Å²) in [6.45, 7) is 10.1. The minimum atomic E-state index is -0.570. The molecule has 1 aromatic heterocycles. The molecule has 0 unspecified atom stereocenters. The highest BCUT2D eigenvalue weighted by atomic mass is 79.9. The molecule has 2 aliphatic rings. The van der Waals surface area contributed by atoms with Gasteiger partial charge in [-0.05, 0) is 71.9 Å². The first-order valence-corrected chi connectivity index (χ1v) is 12.3. The molecule has 32 heavy (non-hydrogen) atoms. The number of amides is 1. The van der Waals surface area contributed by atoms with Crippen LogP contribution in [-0.4, -0.2) is 64.9 Å². The van der Waals surface area contributed by atoms with Crippen LogP contribution in [0.1, 0.15) is 43.6 Å². The van der Waals surface area contributed by atoms with Gasteiger partial charge in [0.25, 0.3) is 0 Å². The highest BCUT2D eigenvalue weighted by molar-refractivity contribution is 9.10. The van der Waals surface area contributed by atoms with E-state index in [0.29, 0.717) is 6.54 Å². The van der Waals surface area contributed by atoms with Gasteiger partial charge in [-0.3, -0.25) is 19.1 Å². The second kappa shape index (κ2) is 8.76. The van der Waals surface area contributed by atoms with Crippen LogP contribution in [0.2, 0.25) is 0 Å². The van der Waals surface area contributed by atoms with E-state index < -0.39 is 6.04 Å². The number of halogens is 1. The molecule has 0 saturated carbocycles. The number of hydrogen-bond donors (Lipinski definition) is 1. The van der Waals surface area contributed by atoms with Crippen molar-refractivity contribution >= 4 is 44.2 Å². The number of carbonyl (C=O) groups is 2. The van der Waals surface area contributed by atoms with E-state index in [-0.39, 0.29) is 29.7 Å². The van der Waals surface area contributed by atoms with Crippen molar-refractivity contribution in [3.63, 3.8) is 0 Å². The summed E-state index contributed by atoms with van der Waals surface area (Å²) in [5.41, 5.74) is 10.6. The highest BCUT2D eigenvalue weighted by Gasteiger charge is 2.39. The Hall–Kier alpha value is -1.96. The molecule has 1 aliphatic carbocycles.